The lowest BCUT2D eigenvalue weighted by Gasteiger charge is -2.36. The van der Waals surface area contributed by atoms with Gasteiger partial charge in [-0.1, -0.05) is 51.9 Å². The van der Waals surface area contributed by atoms with Crippen LogP contribution in [-0.4, -0.2) is 24.8 Å². The van der Waals surface area contributed by atoms with Gasteiger partial charge in [0.2, 0.25) is 0 Å². The highest BCUT2D eigenvalue weighted by molar-refractivity contribution is 4.93. The third-order valence-electron chi connectivity index (χ3n) is 5.08. The van der Waals surface area contributed by atoms with E-state index < -0.39 is 0 Å². The average molecular weight is 298 g/mol. The van der Waals surface area contributed by atoms with Gasteiger partial charge in [0.05, 0.1) is 6.10 Å². The molecule has 1 aliphatic heterocycles. The molecule has 0 saturated carbocycles. The minimum absolute atomic E-state index is 0.204. The average Bonchev–Trinajstić information content (AvgIpc) is 2.77. The van der Waals surface area contributed by atoms with Crippen molar-refractivity contribution >= 4 is 0 Å². The molecular weight excluding hydrogens is 258 g/mol. The van der Waals surface area contributed by atoms with Crippen molar-refractivity contribution in [2.24, 2.45) is 5.41 Å². The minimum Gasteiger partial charge on any atom is -0.378 e. The van der Waals surface area contributed by atoms with E-state index in [4.69, 9.17) is 4.74 Å². The maximum absolute atomic E-state index is 5.90. The Morgan fingerprint density at radius 1 is 1.05 bits per heavy atom. The van der Waals surface area contributed by atoms with Crippen molar-refractivity contribution < 1.29 is 4.74 Å². The van der Waals surface area contributed by atoms with Crippen molar-refractivity contribution in [3.63, 3.8) is 0 Å². The normalized spacial score (nSPS) is 26.4. The van der Waals surface area contributed by atoms with Crippen molar-refractivity contribution in [2.45, 2.75) is 104 Å². The predicted molar refractivity (Wildman–Crippen MR) is 92.8 cm³/mol. The molecule has 21 heavy (non-hydrogen) atoms. The standard InChI is InChI=1S/C19H39NO/c1-6-7-8-9-10-11-12-13-19(14-15-21-17(19)2)16-20-18(3,4)5/h17,20H,6-16H2,1-5H3. The lowest BCUT2D eigenvalue weighted by Crippen LogP contribution is -2.46. The molecule has 0 amide bonds. The van der Waals surface area contributed by atoms with Crippen LogP contribution in [0.1, 0.15) is 92.4 Å². The topological polar surface area (TPSA) is 21.3 Å². The Labute approximate surface area is 133 Å². The van der Waals surface area contributed by atoms with E-state index in [9.17, 15) is 0 Å². The number of ether oxygens (including phenoxy) is 1. The SMILES string of the molecule is CCCCCCCCCC1(CNC(C)(C)C)CCOC1C. The maximum Gasteiger partial charge on any atom is 0.0616 e. The number of hydrogen-bond acceptors (Lipinski definition) is 2. The van der Waals surface area contributed by atoms with Gasteiger partial charge in [-0.05, 0) is 40.5 Å². The molecule has 1 N–H and O–H groups in total. The molecule has 126 valence electrons. The summed E-state index contributed by atoms with van der Waals surface area (Å²) in [7, 11) is 0. The van der Waals surface area contributed by atoms with Crippen LogP contribution in [0.25, 0.3) is 0 Å². The Balaban J connectivity index is 2.30. The van der Waals surface area contributed by atoms with Gasteiger partial charge in [0.25, 0.3) is 0 Å². The smallest absolute Gasteiger partial charge is 0.0616 e. The number of rotatable bonds is 10. The van der Waals surface area contributed by atoms with Crippen LogP contribution in [-0.2, 0) is 4.74 Å². The van der Waals surface area contributed by atoms with Gasteiger partial charge in [0.15, 0.2) is 0 Å². The van der Waals surface area contributed by atoms with E-state index in [1.54, 1.807) is 0 Å². The molecule has 2 unspecified atom stereocenters. The maximum atomic E-state index is 5.90. The molecule has 0 spiro atoms. The number of nitrogens with one attached hydrogen (secondary N) is 1. The summed E-state index contributed by atoms with van der Waals surface area (Å²) < 4.78 is 5.90. The van der Waals surface area contributed by atoms with Crippen molar-refractivity contribution in [1.29, 1.82) is 0 Å². The molecule has 1 aliphatic rings. The molecule has 1 fully saturated rings. The summed E-state index contributed by atoms with van der Waals surface area (Å²) in [5, 5.41) is 3.72. The van der Waals surface area contributed by atoms with Gasteiger partial charge in [-0.15, -0.1) is 0 Å². The Morgan fingerprint density at radius 2 is 1.67 bits per heavy atom. The van der Waals surface area contributed by atoms with Crippen LogP contribution in [0.2, 0.25) is 0 Å². The second kappa shape index (κ2) is 9.15. The fourth-order valence-corrected chi connectivity index (χ4v) is 3.34. The van der Waals surface area contributed by atoms with Crippen LogP contribution in [0.4, 0.5) is 0 Å². The molecule has 2 heteroatoms. The van der Waals surface area contributed by atoms with Crippen LogP contribution >= 0.6 is 0 Å². The van der Waals surface area contributed by atoms with Gasteiger partial charge in [-0.3, -0.25) is 0 Å². The quantitative estimate of drug-likeness (QED) is 0.552. The van der Waals surface area contributed by atoms with Gasteiger partial charge < -0.3 is 10.1 Å². The van der Waals surface area contributed by atoms with E-state index in [1.807, 2.05) is 0 Å². The van der Waals surface area contributed by atoms with E-state index >= 15 is 0 Å². The first-order chi connectivity index (χ1) is 9.90. The van der Waals surface area contributed by atoms with E-state index in [1.165, 1.54) is 57.8 Å². The predicted octanol–water partition coefficient (Wildman–Crippen LogP) is 5.31. The summed E-state index contributed by atoms with van der Waals surface area (Å²) >= 11 is 0. The van der Waals surface area contributed by atoms with Crippen molar-refractivity contribution in [3.05, 3.63) is 0 Å². The van der Waals surface area contributed by atoms with Gasteiger partial charge in [-0.25, -0.2) is 0 Å². The first-order valence-electron chi connectivity index (χ1n) is 9.26. The molecule has 0 aliphatic carbocycles. The second-order valence-electron chi connectivity index (χ2n) is 8.10. The van der Waals surface area contributed by atoms with Crippen LogP contribution in [0.3, 0.4) is 0 Å². The van der Waals surface area contributed by atoms with Gasteiger partial charge in [-0.2, -0.15) is 0 Å². The summed E-state index contributed by atoms with van der Waals surface area (Å²) in [6.07, 6.45) is 12.7. The summed E-state index contributed by atoms with van der Waals surface area (Å²) in [6, 6.07) is 0. The summed E-state index contributed by atoms with van der Waals surface area (Å²) in [5.74, 6) is 0. The fourth-order valence-electron chi connectivity index (χ4n) is 3.34. The zero-order chi connectivity index (χ0) is 15.8. The zero-order valence-corrected chi connectivity index (χ0v) is 15.3. The second-order valence-corrected chi connectivity index (χ2v) is 8.10. The monoisotopic (exact) mass is 297 g/mol. The lowest BCUT2D eigenvalue weighted by molar-refractivity contribution is 0.0536. The Hall–Kier alpha value is -0.0800. The molecule has 0 aromatic rings. The molecular formula is C19H39NO. The Kier molecular flexibility index (Phi) is 8.26. The van der Waals surface area contributed by atoms with Crippen LogP contribution in [0, 0.1) is 5.41 Å². The van der Waals surface area contributed by atoms with Crippen molar-refractivity contribution in [2.75, 3.05) is 13.2 Å². The highest BCUT2D eigenvalue weighted by Gasteiger charge is 2.41. The highest BCUT2D eigenvalue weighted by atomic mass is 16.5. The van der Waals surface area contributed by atoms with Crippen LogP contribution in [0.15, 0.2) is 0 Å². The first kappa shape index (κ1) is 19.0. The molecule has 0 bridgehead atoms. The summed E-state index contributed by atoms with van der Waals surface area (Å²) in [5.41, 5.74) is 0.576. The molecule has 1 heterocycles. The molecule has 0 aromatic carbocycles. The highest BCUT2D eigenvalue weighted by Crippen LogP contribution is 2.39. The van der Waals surface area contributed by atoms with Gasteiger partial charge >= 0.3 is 0 Å². The van der Waals surface area contributed by atoms with E-state index in [-0.39, 0.29) is 5.54 Å². The molecule has 1 rings (SSSR count). The van der Waals surface area contributed by atoms with Gasteiger partial charge in [0, 0.05) is 24.1 Å². The first-order valence-corrected chi connectivity index (χ1v) is 9.26. The molecule has 1 saturated heterocycles. The van der Waals surface area contributed by atoms with Crippen LogP contribution in [0.5, 0.6) is 0 Å². The van der Waals surface area contributed by atoms with Crippen molar-refractivity contribution in [1.82, 2.24) is 5.32 Å². The van der Waals surface area contributed by atoms with Crippen LogP contribution < -0.4 is 5.32 Å². The van der Waals surface area contributed by atoms with E-state index in [0.29, 0.717) is 11.5 Å². The van der Waals surface area contributed by atoms with E-state index in [0.717, 1.165) is 13.2 Å². The summed E-state index contributed by atoms with van der Waals surface area (Å²) in [4.78, 5) is 0. The third-order valence-corrected chi connectivity index (χ3v) is 5.08. The van der Waals surface area contributed by atoms with Crippen molar-refractivity contribution in [3.8, 4) is 0 Å². The largest absolute Gasteiger partial charge is 0.378 e. The zero-order valence-electron chi connectivity index (χ0n) is 15.3. The Bertz CT molecular complexity index is 271. The minimum atomic E-state index is 0.204. The Morgan fingerprint density at radius 3 is 2.19 bits per heavy atom. The fraction of sp³-hybridized carbons (Fsp3) is 1.00. The van der Waals surface area contributed by atoms with E-state index in [2.05, 4.69) is 39.9 Å². The van der Waals surface area contributed by atoms with Gasteiger partial charge in [0.1, 0.15) is 0 Å². The molecule has 2 atom stereocenters. The number of unbranched alkanes of at least 4 members (excludes halogenated alkanes) is 6. The third kappa shape index (κ3) is 7.15. The summed E-state index contributed by atoms with van der Waals surface area (Å²) in [6.45, 7) is 13.4. The lowest BCUT2D eigenvalue weighted by atomic mass is 9.76. The molecule has 2 nitrogen and oxygen atoms in total. The molecule has 0 radical (unpaired) electrons. The molecule has 0 aromatic heterocycles. The number of hydrogen-bond donors (Lipinski definition) is 1.